The molecule has 1 aromatic rings. The zero-order valence-electron chi connectivity index (χ0n) is 10.9. The molecule has 0 fully saturated rings. The van der Waals surface area contributed by atoms with E-state index in [2.05, 4.69) is 12.1 Å². The molecule has 0 saturated heterocycles. The fourth-order valence-electron chi connectivity index (χ4n) is 3.80. The second kappa shape index (κ2) is 3.29. The molecule has 5 rings (SSSR count). The molecule has 0 saturated carbocycles. The maximum Gasteiger partial charge on any atom is 0.234 e. The highest BCUT2D eigenvalue weighted by Gasteiger charge is 2.41. The standard InChI is InChI=1S/C17H12O3/c18-15-12-5-6-20-17(12)11-4-3-9-10(14(11)16(15)19)2-1-8-7-13(8)9/h3-4,7,13H,1-2,5-6H2. The summed E-state index contributed by atoms with van der Waals surface area (Å²) in [4.78, 5) is 24.7. The van der Waals surface area contributed by atoms with Crippen LogP contribution in [0.25, 0.3) is 5.76 Å². The van der Waals surface area contributed by atoms with Crippen LogP contribution >= 0.6 is 0 Å². The summed E-state index contributed by atoms with van der Waals surface area (Å²) in [7, 11) is 0. The average molecular weight is 264 g/mol. The lowest BCUT2D eigenvalue weighted by Crippen LogP contribution is -2.25. The Morgan fingerprint density at radius 1 is 1.05 bits per heavy atom. The summed E-state index contributed by atoms with van der Waals surface area (Å²) >= 11 is 0. The van der Waals surface area contributed by atoms with Gasteiger partial charge in [0.2, 0.25) is 11.6 Å². The van der Waals surface area contributed by atoms with E-state index in [4.69, 9.17) is 4.74 Å². The third-order valence-corrected chi connectivity index (χ3v) is 4.84. The SMILES string of the molecule is O=C1C(=O)c2c(ccc3c2CCC2=CC23)C2=C1CCO2. The van der Waals surface area contributed by atoms with Crippen LogP contribution in [0, 0.1) is 0 Å². The largest absolute Gasteiger partial charge is 0.492 e. The molecule has 0 aromatic heterocycles. The summed E-state index contributed by atoms with van der Waals surface area (Å²) in [5.41, 5.74) is 5.79. The predicted octanol–water partition coefficient (Wildman–Crippen LogP) is 2.55. The van der Waals surface area contributed by atoms with E-state index in [0.29, 0.717) is 35.8 Å². The molecular weight excluding hydrogens is 252 g/mol. The van der Waals surface area contributed by atoms with Crippen molar-refractivity contribution in [2.24, 2.45) is 0 Å². The second-order valence-electron chi connectivity index (χ2n) is 5.84. The van der Waals surface area contributed by atoms with E-state index in [0.717, 1.165) is 24.0 Å². The van der Waals surface area contributed by atoms with Crippen molar-refractivity contribution in [3.63, 3.8) is 0 Å². The van der Waals surface area contributed by atoms with Gasteiger partial charge in [0.15, 0.2) is 0 Å². The van der Waals surface area contributed by atoms with Crippen LogP contribution < -0.4 is 0 Å². The van der Waals surface area contributed by atoms with Crippen molar-refractivity contribution in [1.82, 2.24) is 0 Å². The predicted molar refractivity (Wildman–Crippen MR) is 72.4 cm³/mol. The fourth-order valence-corrected chi connectivity index (χ4v) is 3.80. The molecule has 0 radical (unpaired) electrons. The van der Waals surface area contributed by atoms with Crippen molar-refractivity contribution in [3.8, 4) is 0 Å². The zero-order chi connectivity index (χ0) is 13.4. The minimum Gasteiger partial charge on any atom is -0.492 e. The van der Waals surface area contributed by atoms with Crippen LogP contribution in [0.4, 0.5) is 0 Å². The minimum atomic E-state index is -0.354. The van der Waals surface area contributed by atoms with Gasteiger partial charge in [0.1, 0.15) is 5.76 Å². The quantitative estimate of drug-likeness (QED) is 0.534. The molecule has 0 spiro atoms. The molecule has 1 atom stereocenters. The van der Waals surface area contributed by atoms with Crippen molar-refractivity contribution in [1.29, 1.82) is 0 Å². The monoisotopic (exact) mass is 264 g/mol. The lowest BCUT2D eigenvalue weighted by Gasteiger charge is -2.24. The van der Waals surface area contributed by atoms with E-state index in [9.17, 15) is 9.59 Å². The van der Waals surface area contributed by atoms with Crippen LogP contribution in [0.1, 0.15) is 45.8 Å². The number of carbonyl (C=O) groups is 2. The first kappa shape index (κ1) is 10.6. The molecular formula is C17H12O3. The summed E-state index contributed by atoms with van der Waals surface area (Å²) in [6.45, 7) is 0.508. The lowest BCUT2D eigenvalue weighted by atomic mass is 9.79. The molecule has 1 aliphatic heterocycles. The fraction of sp³-hybridized carbons (Fsp3) is 0.294. The summed E-state index contributed by atoms with van der Waals surface area (Å²) in [6.07, 6.45) is 4.69. The first-order chi connectivity index (χ1) is 9.75. The summed E-state index contributed by atoms with van der Waals surface area (Å²) in [5.74, 6) is 0.395. The van der Waals surface area contributed by atoms with E-state index in [1.54, 1.807) is 0 Å². The molecule has 98 valence electrons. The molecule has 1 heterocycles. The number of ketones is 2. The van der Waals surface area contributed by atoms with Crippen molar-refractivity contribution < 1.29 is 14.3 Å². The maximum absolute atomic E-state index is 12.5. The number of allylic oxidation sites excluding steroid dienone is 2. The first-order valence-electron chi connectivity index (χ1n) is 7.07. The Hall–Kier alpha value is -2.16. The van der Waals surface area contributed by atoms with Crippen LogP contribution in [-0.4, -0.2) is 18.2 Å². The smallest absolute Gasteiger partial charge is 0.234 e. The van der Waals surface area contributed by atoms with Gasteiger partial charge in [-0.05, 0) is 24.0 Å². The zero-order valence-corrected chi connectivity index (χ0v) is 10.9. The Kier molecular flexibility index (Phi) is 1.74. The molecule has 0 N–H and O–H groups in total. The van der Waals surface area contributed by atoms with Crippen molar-refractivity contribution in [2.75, 3.05) is 6.61 Å². The van der Waals surface area contributed by atoms with Gasteiger partial charge in [0.25, 0.3) is 0 Å². The van der Waals surface area contributed by atoms with Crippen molar-refractivity contribution in [3.05, 3.63) is 51.6 Å². The Labute approximate surface area is 115 Å². The Bertz CT molecular complexity index is 780. The van der Waals surface area contributed by atoms with E-state index >= 15 is 0 Å². The number of hydrogen-bond donors (Lipinski definition) is 0. The molecule has 0 bridgehead atoms. The molecule has 4 aliphatic rings. The molecule has 3 nitrogen and oxygen atoms in total. The van der Waals surface area contributed by atoms with Gasteiger partial charge in [0, 0.05) is 29.0 Å². The maximum atomic E-state index is 12.5. The first-order valence-corrected chi connectivity index (χ1v) is 7.07. The highest BCUT2D eigenvalue weighted by molar-refractivity contribution is 6.52. The van der Waals surface area contributed by atoms with Crippen LogP contribution in [-0.2, 0) is 16.0 Å². The Morgan fingerprint density at radius 3 is 2.85 bits per heavy atom. The van der Waals surface area contributed by atoms with Gasteiger partial charge in [-0.25, -0.2) is 0 Å². The number of fused-ring (bicyclic) bond motifs is 6. The highest BCUT2D eigenvalue weighted by Crippen LogP contribution is 2.50. The highest BCUT2D eigenvalue weighted by atomic mass is 16.5. The van der Waals surface area contributed by atoms with E-state index in [1.165, 1.54) is 11.1 Å². The topological polar surface area (TPSA) is 43.4 Å². The van der Waals surface area contributed by atoms with Crippen molar-refractivity contribution >= 4 is 17.3 Å². The normalized spacial score (nSPS) is 25.4. The van der Waals surface area contributed by atoms with Crippen molar-refractivity contribution in [2.45, 2.75) is 25.2 Å². The Balaban J connectivity index is 1.81. The summed E-state index contributed by atoms with van der Waals surface area (Å²) in [6, 6.07) is 4.07. The van der Waals surface area contributed by atoms with Crippen LogP contribution in [0.2, 0.25) is 0 Å². The summed E-state index contributed by atoms with van der Waals surface area (Å²) in [5, 5.41) is 0. The molecule has 1 unspecified atom stereocenters. The third kappa shape index (κ3) is 1.12. The number of benzene rings is 1. The molecule has 20 heavy (non-hydrogen) atoms. The molecule has 0 amide bonds. The molecule has 3 heteroatoms. The number of carbonyl (C=O) groups excluding carboxylic acids is 2. The number of Topliss-reactive ketones (excluding diaryl/α,β-unsaturated/α-hetero) is 2. The van der Waals surface area contributed by atoms with Gasteiger partial charge in [-0.3, -0.25) is 9.59 Å². The Morgan fingerprint density at radius 2 is 1.95 bits per heavy atom. The molecule has 1 aromatic carbocycles. The van der Waals surface area contributed by atoms with Crippen LogP contribution in [0.5, 0.6) is 0 Å². The third-order valence-electron chi connectivity index (χ3n) is 4.84. The second-order valence-corrected chi connectivity index (χ2v) is 5.84. The number of rotatable bonds is 0. The van der Waals surface area contributed by atoms with Gasteiger partial charge in [-0.2, -0.15) is 0 Å². The lowest BCUT2D eigenvalue weighted by molar-refractivity contribution is -0.111. The molecule has 3 aliphatic carbocycles. The van der Waals surface area contributed by atoms with Gasteiger partial charge in [-0.1, -0.05) is 23.8 Å². The number of hydrogen-bond acceptors (Lipinski definition) is 3. The van der Waals surface area contributed by atoms with Gasteiger partial charge >= 0.3 is 0 Å². The van der Waals surface area contributed by atoms with E-state index in [1.807, 2.05) is 6.07 Å². The number of ether oxygens (including phenoxy) is 1. The van der Waals surface area contributed by atoms with E-state index < -0.39 is 0 Å². The van der Waals surface area contributed by atoms with Gasteiger partial charge in [0.05, 0.1) is 6.61 Å². The van der Waals surface area contributed by atoms with E-state index in [-0.39, 0.29) is 11.6 Å². The summed E-state index contributed by atoms with van der Waals surface area (Å²) < 4.78 is 5.62. The van der Waals surface area contributed by atoms with Crippen LogP contribution in [0.15, 0.2) is 29.4 Å². The average Bonchev–Trinajstić information content (AvgIpc) is 3.11. The minimum absolute atomic E-state index is 0.329. The van der Waals surface area contributed by atoms with Gasteiger partial charge in [-0.15, -0.1) is 0 Å². The van der Waals surface area contributed by atoms with Crippen LogP contribution in [0.3, 0.4) is 0 Å². The van der Waals surface area contributed by atoms with Gasteiger partial charge < -0.3 is 4.74 Å².